The molecule has 4 heteroatoms. The lowest BCUT2D eigenvalue weighted by Gasteiger charge is -2.23. The minimum Gasteiger partial charge on any atom is -0.497 e. The normalized spacial score (nSPS) is 14.4. The summed E-state index contributed by atoms with van der Waals surface area (Å²) in [6, 6.07) is 5.03. The average molecular weight is 253 g/mol. The molecule has 18 heavy (non-hydrogen) atoms. The van der Waals surface area contributed by atoms with Gasteiger partial charge in [0, 0.05) is 11.6 Å². The van der Waals surface area contributed by atoms with E-state index < -0.39 is 6.10 Å². The summed E-state index contributed by atoms with van der Waals surface area (Å²) in [4.78, 5) is 0. The van der Waals surface area contributed by atoms with E-state index in [9.17, 15) is 5.11 Å². The zero-order valence-electron chi connectivity index (χ0n) is 11.5. The Kier molecular flexibility index (Phi) is 5.44. The number of benzene rings is 1. The molecule has 0 aliphatic carbocycles. The van der Waals surface area contributed by atoms with Crippen LogP contribution in [0.25, 0.3) is 0 Å². The number of aliphatic hydroxyl groups excluding tert-OH is 1. The van der Waals surface area contributed by atoms with Crippen molar-refractivity contribution < 1.29 is 14.6 Å². The first-order valence-electron chi connectivity index (χ1n) is 6.15. The molecular formula is C14H23NO3. The third kappa shape index (κ3) is 3.62. The number of methoxy groups -OCH3 is 2. The third-order valence-corrected chi connectivity index (χ3v) is 2.90. The van der Waals surface area contributed by atoms with Crippen molar-refractivity contribution in [1.29, 1.82) is 0 Å². The number of hydrogen-bond acceptors (Lipinski definition) is 4. The minimum atomic E-state index is -0.752. The van der Waals surface area contributed by atoms with E-state index in [1.165, 1.54) is 0 Å². The quantitative estimate of drug-likeness (QED) is 0.815. The maximum absolute atomic E-state index is 10.3. The Hall–Kier alpha value is -1.26. The summed E-state index contributed by atoms with van der Waals surface area (Å²) in [5, 5.41) is 10.3. The van der Waals surface area contributed by atoms with Gasteiger partial charge < -0.3 is 20.3 Å². The summed E-state index contributed by atoms with van der Waals surface area (Å²) in [5.41, 5.74) is 6.69. The largest absolute Gasteiger partial charge is 0.497 e. The fourth-order valence-electron chi connectivity index (χ4n) is 1.97. The first kappa shape index (κ1) is 14.8. The van der Waals surface area contributed by atoms with Crippen molar-refractivity contribution in [1.82, 2.24) is 0 Å². The van der Waals surface area contributed by atoms with Gasteiger partial charge in [-0.05, 0) is 30.5 Å². The van der Waals surface area contributed by atoms with Crippen molar-refractivity contribution >= 4 is 0 Å². The zero-order chi connectivity index (χ0) is 13.7. The van der Waals surface area contributed by atoms with E-state index in [2.05, 4.69) is 13.8 Å². The molecule has 0 saturated heterocycles. The first-order valence-corrected chi connectivity index (χ1v) is 6.15. The van der Waals surface area contributed by atoms with Gasteiger partial charge in [-0.15, -0.1) is 0 Å². The smallest absolute Gasteiger partial charge is 0.124 e. The Morgan fingerprint density at radius 1 is 1.22 bits per heavy atom. The molecule has 0 radical (unpaired) electrons. The summed E-state index contributed by atoms with van der Waals surface area (Å²) < 4.78 is 10.4. The molecule has 0 aromatic heterocycles. The van der Waals surface area contributed by atoms with Gasteiger partial charge >= 0.3 is 0 Å². The molecule has 0 fully saturated rings. The van der Waals surface area contributed by atoms with Gasteiger partial charge in [-0.2, -0.15) is 0 Å². The Morgan fingerprint density at radius 3 is 2.39 bits per heavy atom. The van der Waals surface area contributed by atoms with E-state index >= 15 is 0 Å². The summed E-state index contributed by atoms with van der Waals surface area (Å²) in [7, 11) is 3.16. The van der Waals surface area contributed by atoms with Gasteiger partial charge in [0.1, 0.15) is 11.5 Å². The van der Waals surface area contributed by atoms with E-state index in [4.69, 9.17) is 15.2 Å². The second-order valence-electron chi connectivity index (χ2n) is 4.85. The van der Waals surface area contributed by atoms with Crippen LogP contribution in [0.4, 0.5) is 0 Å². The topological polar surface area (TPSA) is 64.7 Å². The lowest BCUT2D eigenvalue weighted by molar-refractivity contribution is 0.132. The summed E-state index contributed by atoms with van der Waals surface area (Å²) in [6.07, 6.45) is -0.000843. The molecule has 1 rings (SSSR count). The predicted molar refractivity (Wildman–Crippen MR) is 71.9 cm³/mol. The third-order valence-electron chi connectivity index (χ3n) is 2.90. The fraction of sp³-hybridized carbons (Fsp3) is 0.571. The van der Waals surface area contributed by atoms with Crippen molar-refractivity contribution in [3.63, 3.8) is 0 Å². The van der Waals surface area contributed by atoms with Crippen LogP contribution >= 0.6 is 0 Å². The van der Waals surface area contributed by atoms with Crippen molar-refractivity contribution in [2.75, 3.05) is 14.2 Å². The standard InChI is InChI=1S/C14H23NO3/c1-9(2)7-12(15)14(16)11-8-10(17-3)5-6-13(11)18-4/h5-6,8-9,12,14,16H,7,15H2,1-4H3. The first-order chi connectivity index (χ1) is 8.49. The van der Waals surface area contributed by atoms with Crippen LogP contribution in [-0.2, 0) is 0 Å². The van der Waals surface area contributed by atoms with Crippen LogP contribution in [0.5, 0.6) is 11.5 Å². The lowest BCUT2D eigenvalue weighted by Crippen LogP contribution is -2.30. The van der Waals surface area contributed by atoms with E-state index in [0.29, 0.717) is 23.0 Å². The molecule has 2 atom stereocenters. The van der Waals surface area contributed by atoms with Crippen LogP contribution in [0.15, 0.2) is 18.2 Å². The molecule has 4 nitrogen and oxygen atoms in total. The number of ether oxygens (including phenoxy) is 2. The van der Waals surface area contributed by atoms with Gasteiger partial charge in [0.05, 0.1) is 20.3 Å². The molecule has 1 aromatic carbocycles. The monoisotopic (exact) mass is 253 g/mol. The van der Waals surface area contributed by atoms with Crippen molar-refractivity contribution in [2.45, 2.75) is 32.4 Å². The number of aliphatic hydroxyl groups is 1. The molecule has 3 N–H and O–H groups in total. The molecule has 0 aliphatic heterocycles. The van der Waals surface area contributed by atoms with Gasteiger partial charge in [-0.3, -0.25) is 0 Å². The molecule has 1 aromatic rings. The average Bonchev–Trinajstić information content (AvgIpc) is 2.36. The summed E-state index contributed by atoms with van der Waals surface area (Å²) in [5.74, 6) is 1.75. The zero-order valence-corrected chi connectivity index (χ0v) is 11.5. The van der Waals surface area contributed by atoms with Gasteiger partial charge in [0.15, 0.2) is 0 Å². The predicted octanol–water partition coefficient (Wildman–Crippen LogP) is 2.11. The minimum absolute atomic E-state index is 0.314. The summed E-state index contributed by atoms with van der Waals surface area (Å²) in [6.45, 7) is 4.16. The van der Waals surface area contributed by atoms with E-state index in [0.717, 1.165) is 6.42 Å². The van der Waals surface area contributed by atoms with Crippen LogP contribution in [0.1, 0.15) is 31.9 Å². The second-order valence-corrected chi connectivity index (χ2v) is 4.85. The molecule has 0 amide bonds. The molecule has 0 heterocycles. The van der Waals surface area contributed by atoms with Crippen molar-refractivity contribution in [3.8, 4) is 11.5 Å². The Bertz CT molecular complexity index is 379. The lowest BCUT2D eigenvalue weighted by atomic mass is 9.94. The molecule has 0 aliphatic rings. The maximum Gasteiger partial charge on any atom is 0.124 e. The van der Waals surface area contributed by atoms with Gasteiger partial charge in [0.25, 0.3) is 0 Å². The highest BCUT2D eigenvalue weighted by Crippen LogP contribution is 2.31. The number of nitrogens with two attached hydrogens (primary N) is 1. The number of rotatable bonds is 6. The van der Waals surface area contributed by atoms with E-state index in [1.807, 2.05) is 0 Å². The van der Waals surface area contributed by atoms with E-state index in [1.54, 1.807) is 32.4 Å². The maximum atomic E-state index is 10.3. The highest BCUT2D eigenvalue weighted by Gasteiger charge is 2.22. The van der Waals surface area contributed by atoms with Crippen LogP contribution < -0.4 is 15.2 Å². The molecule has 0 bridgehead atoms. The fourth-order valence-corrected chi connectivity index (χ4v) is 1.97. The van der Waals surface area contributed by atoms with Crippen LogP contribution in [0.2, 0.25) is 0 Å². The van der Waals surface area contributed by atoms with Crippen LogP contribution in [0, 0.1) is 5.92 Å². The van der Waals surface area contributed by atoms with Crippen molar-refractivity contribution in [2.24, 2.45) is 11.7 Å². The summed E-state index contributed by atoms with van der Waals surface area (Å²) >= 11 is 0. The Balaban J connectivity index is 2.98. The molecule has 102 valence electrons. The van der Waals surface area contributed by atoms with Crippen molar-refractivity contribution in [3.05, 3.63) is 23.8 Å². The molecule has 0 spiro atoms. The highest BCUT2D eigenvalue weighted by atomic mass is 16.5. The highest BCUT2D eigenvalue weighted by molar-refractivity contribution is 5.42. The van der Waals surface area contributed by atoms with Crippen LogP contribution in [-0.4, -0.2) is 25.4 Å². The van der Waals surface area contributed by atoms with Gasteiger partial charge in [0.2, 0.25) is 0 Å². The molecular weight excluding hydrogens is 230 g/mol. The van der Waals surface area contributed by atoms with E-state index in [-0.39, 0.29) is 6.04 Å². The molecule has 2 unspecified atom stereocenters. The second kappa shape index (κ2) is 6.61. The van der Waals surface area contributed by atoms with Crippen LogP contribution in [0.3, 0.4) is 0 Å². The van der Waals surface area contributed by atoms with Gasteiger partial charge in [-0.1, -0.05) is 13.8 Å². The SMILES string of the molecule is COc1ccc(OC)c(C(O)C(N)CC(C)C)c1. The molecule has 0 saturated carbocycles. The number of hydrogen-bond donors (Lipinski definition) is 2. The Labute approximate surface area is 109 Å². The Morgan fingerprint density at radius 2 is 1.89 bits per heavy atom. The van der Waals surface area contributed by atoms with Gasteiger partial charge in [-0.25, -0.2) is 0 Å².